The van der Waals surface area contributed by atoms with Gasteiger partial charge in [0.05, 0.1) is 6.61 Å². The topological polar surface area (TPSA) is 49.8 Å². The van der Waals surface area contributed by atoms with Crippen LogP contribution in [-0.2, 0) is 16.0 Å². The van der Waals surface area contributed by atoms with Crippen LogP contribution in [-0.4, -0.2) is 48.1 Å². The number of ketones is 1. The summed E-state index contributed by atoms with van der Waals surface area (Å²) in [5, 5.41) is 9.40. The first kappa shape index (κ1) is 14.0. The van der Waals surface area contributed by atoms with Crippen LogP contribution in [0, 0.1) is 0 Å². The molecule has 1 unspecified atom stereocenters. The van der Waals surface area contributed by atoms with E-state index in [1.807, 2.05) is 6.07 Å². The van der Waals surface area contributed by atoms with Gasteiger partial charge in [-0.2, -0.15) is 0 Å². The van der Waals surface area contributed by atoms with Gasteiger partial charge in [0.25, 0.3) is 0 Å². The molecule has 1 atom stereocenters. The number of hydrogen-bond acceptors (Lipinski definition) is 4. The van der Waals surface area contributed by atoms with E-state index in [1.165, 1.54) is 0 Å². The van der Waals surface area contributed by atoms with Gasteiger partial charge in [-0.25, -0.2) is 0 Å². The summed E-state index contributed by atoms with van der Waals surface area (Å²) in [5.74, 6) is 0.286. The summed E-state index contributed by atoms with van der Waals surface area (Å²) in [6.45, 7) is 5.37. The van der Waals surface area contributed by atoms with Crippen molar-refractivity contribution in [1.82, 2.24) is 4.90 Å². The number of aromatic hydroxyl groups is 1. The van der Waals surface area contributed by atoms with Crippen LogP contribution >= 0.6 is 0 Å². The zero-order valence-corrected chi connectivity index (χ0v) is 11.3. The molecule has 1 aromatic rings. The summed E-state index contributed by atoms with van der Waals surface area (Å²) in [7, 11) is 0. The molecule has 2 rings (SSSR count). The van der Waals surface area contributed by atoms with Crippen molar-refractivity contribution in [2.45, 2.75) is 25.9 Å². The van der Waals surface area contributed by atoms with E-state index in [-0.39, 0.29) is 17.6 Å². The average molecular weight is 263 g/mol. The SMILES string of the molecule is CCCN1CCOC(C(=O)Cc2cccc(O)c2)C1. The van der Waals surface area contributed by atoms with Crippen LogP contribution in [0.4, 0.5) is 0 Å². The molecule has 0 saturated carbocycles. The lowest BCUT2D eigenvalue weighted by atomic mass is 10.0. The minimum Gasteiger partial charge on any atom is -0.508 e. The number of nitrogens with zero attached hydrogens (tertiary/aromatic N) is 1. The Morgan fingerprint density at radius 1 is 1.53 bits per heavy atom. The Morgan fingerprint density at radius 3 is 3.11 bits per heavy atom. The highest BCUT2D eigenvalue weighted by Gasteiger charge is 2.25. The van der Waals surface area contributed by atoms with E-state index in [0.717, 1.165) is 25.1 Å². The smallest absolute Gasteiger partial charge is 0.167 e. The molecule has 1 aliphatic rings. The van der Waals surface area contributed by atoms with Gasteiger partial charge in [-0.1, -0.05) is 19.1 Å². The maximum Gasteiger partial charge on any atom is 0.167 e. The summed E-state index contributed by atoms with van der Waals surface area (Å²) in [6, 6.07) is 6.84. The van der Waals surface area contributed by atoms with E-state index in [4.69, 9.17) is 4.74 Å². The highest BCUT2D eigenvalue weighted by atomic mass is 16.5. The van der Waals surface area contributed by atoms with Gasteiger partial charge in [0.2, 0.25) is 0 Å². The Bertz CT molecular complexity index is 431. The Labute approximate surface area is 114 Å². The monoisotopic (exact) mass is 263 g/mol. The number of Topliss-reactive ketones (excluding diaryl/α,β-unsaturated/α-hetero) is 1. The van der Waals surface area contributed by atoms with Crippen molar-refractivity contribution in [2.75, 3.05) is 26.2 Å². The van der Waals surface area contributed by atoms with Crippen molar-refractivity contribution in [2.24, 2.45) is 0 Å². The molecule has 1 saturated heterocycles. The highest BCUT2D eigenvalue weighted by molar-refractivity contribution is 5.85. The van der Waals surface area contributed by atoms with E-state index >= 15 is 0 Å². The lowest BCUT2D eigenvalue weighted by Crippen LogP contribution is -2.46. The molecule has 104 valence electrons. The van der Waals surface area contributed by atoms with Crippen molar-refractivity contribution in [1.29, 1.82) is 0 Å². The second-order valence-electron chi connectivity index (χ2n) is 4.97. The Hall–Kier alpha value is -1.39. The number of carbonyl (C=O) groups is 1. The maximum absolute atomic E-state index is 12.2. The third-order valence-corrected chi connectivity index (χ3v) is 3.34. The Kier molecular flexibility index (Phi) is 4.93. The fraction of sp³-hybridized carbons (Fsp3) is 0.533. The molecule has 19 heavy (non-hydrogen) atoms. The third-order valence-electron chi connectivity index (χ3n) is 3.34. The molecule has 1 N–H and O–H groups in total. The van der Waals surface area contributed by atoms with Gasteiger partial charge < -0.3 is 9.84 Å². The minimum absolute atomic E-state index is 0.0893. The maximum atomic E-state index is 12.2. The van der Waals surface area contributed by atoms with Gasteiger partial charge in [-0.3, -0.25) is 9.69 Å². The lowest BCUT2D eigenvalue weighted by Gasteiger charge is -2.31. The molecule has 0 spiro atoms. The molecule has 1 aromatic carbocycles. The zero-order chi connectivity index (χ0) is 13.7. The van der Waals surface area contributed by atoms with Crippen molar-refractivity contribution >= 4 is 5.78 Å². The van der Waals surface area contributed by atoms with E-state index in [9.17, 15) is 9.90 Å². The van der Waals surface area contributed by atoms with Crippen LogP contribution in [0.15, 0.2) is 24.3 Å². The first-order valence-electron chi connectivity index (χ1n) is 6.83. The first-order chi connectivity index (χ1) is 9.19. The molecule has 4 nitrogen and oxygen atoms in total. The van der Waals surface area contributed by atoms with Crippen LogP contribution in [0.2, 0.25) is 0 Å². The van der Waals surface area contributed by atoms with Gasteiger partial charge in [0, 0.05) is 19.5 Å². The Balaban J connectivity index is 1.92. The van der Waals surface area contributed by atoms with Crippen LogP contribution in [0.25, 0.3) is 0 Å². The van der Waals surface area contributed by atoms with Crippen molar-refractivity contribution in [3.8, 4) is 5.75 Å². The summed E-state index contributed by atoms with van der Waals surface area (Å²) < 4.78 is 5.57. The van der Waals surface area contributed by atoms with Gasteiger partial charge in [-0.15, -0.1) is 0 Å². The molecule has 4 heteroatoms. The number of hydrogen-bond donors (Lipinski definition) is 1. The van der Waals surface area contributed by atoms with Crippen molar-refractivity contribution in [3.05, 3.63) is 29.8 Å². The number of ether oxygens (including phenoxy) is 1. The second-order valence-corrected chi connectivity index (χ2v) is 4.97. The number of rotatable bonds is 5. The van der Waals surface area contributed by atoms with E-state index in [0.29, 0.717) is 19.6 Å². The van der Waals surface area contributed by atoms with Crippen molar-refractivity contribution in [3.63, 3.8) is 0 Å². The lowest BCUT2D eigenvalue weighted by molar-refractivity contribution is -0.135. The van der Waals surface area contributed by atoms with Crippen LogP contribution in [0.1, 0.15) is 18.9 Å². The summed E-state index contributed by atoms with van der Waals surface area (Å²) in [4.78, 5) is 14.5. The predicted octanol–water partition coefficient (Wildman–Crippen LogP) is 1.61. The molecule has 1 heterocycles. The average Bonchev–Trinajstić information content (AvgIpc) is 2.39. The quantitative estimate of drug-likeness (QED) is 0.877. The second kappa shape index (κ2) is 6.68. The van der Waals surface area contributed by atoms with Gasteiger partial charge in [-0.05, 0) is 30.7 Å². The van der Waals surface area contributed by atoms with E-state index in [1.54, 1.807) is 18.2 Å². The molecule has 0 amide bonds. The highest BCUT2D eigenvalue weighted by Crippen LogP contribution is 2.14. The number of phenols is 1. The zero-order valence-electron chi connectivity index (χ0n) is 11.3. The van der Waals surface area contributed by atoms with E-state index < -0.39 is 0 Å². The molecule has 0 radical (unpaired) electrons. The van der Waals surface area contributed by atoms with Gasteiger partial charge in [0.15, 0.2) is 5.78 Å². The number of phenolic OH excluding ortho intramolecular Hbond substituents is 1. The number of morpholine rings is 1. The van der Waals surface area contributed by atoms with Crippen LogP contribution in [0.3, 0.4) is 0 Å². The molecular formula is C15H21NO3. The normalized spacial score (nSPS) is 20.4. The molecule has 0 aromatic heterocycles. The third kappa shape index (κ3) is 4.04. The summed E-state index contributed by atoms with van der Waals surface area (Å²) >= 11 is 0. The largest absolute Gasteiger partial charge is 0.508 e. The summed E-state index contributed by atoms with van der Waals surface area (Å²) in [6.07, 6.45) is 1.08. The fourth-order valence-electron chi connectivity index (χ4n) is 2.40. The standard InChI is InChI=1S/C15H21NO3/c1-2-6-16-7-8-19-15(11-16)14(18)10-12-4-3-5-13(17)9-12/h3-5,9,15,17H,2,6-8,10-11H2,1H3. The van der Waals surface area contributed by atoms with Crippen LogP contribution in [0.5, 0.6) is 5.75 Å². The molecule has 1 aliphatic heterocycles. The number of benzene rings is 1. The van der Waals surface area contributed by atoms with Crippen LogP contribution < -0.4 is 0 Å². The summed E-state index contributed by atoms with van der Waals surface area (Å²) in [5.41, 5.74) is 0.834. The van der Waals surface area contributed by atoms with Gasteiger partial charge in [0.1, 0.15) is 11.9 Å². The molecule has 1 fully saturated rings. The molecule has 0 aliphatic carbocycles. The predicted molar refractivity (Wildman–Crippen MR) is 73.3 cm³/mol. The number of carbonyl (C=O) groups excluding carboxylic acids is 1. The first-order valence-corrected chi connectivity index (χ1v) is 6.83. The minimum atomic E-state index is -0.331. The van der Waals surface area contributed by atoms with E-state index in [2.05, 4.69) is 11.8 Å². The Morgan fingerprint density at radius 2 is 2.37 bits per heavy atom. The van der Waals surface area contributed by atoms with Gasteiger partial charge >= 0.3 is 0 Å². The molecular weight excluding hydrogens is 242 g/mol. The fourth-order valence-corrected chi connectivity index (χ4v) is 2.40. The molecule has 0 bridgehead atoms. The van der Waals surface area contributed by atoms with Crippen molar-refractivity contribution < 1.29 is 14.6 Å².